The third kappa shape index (κ3) is 4.62. The molecule has 1 N–H and O–H groups in total. The molecule has 2 aromatic carbocycles. The number of likely N-dealkylation sites (N-methyl/N-ethyl adjacent to an activating group) is 1. The van der Waals surface area contributed by atoms with Crippen LogP contribution in [0, 0.1) is 0 Å². The zero-order chi connectivity index (χ0) is 18.5. The predicted octanol–water partition coefficient (Wildman–Crippen LogP) is 2.66. The summed E-state index contributed by atoms with van der Waals surface area (Å²) in [4.78, 5) is 28.9. The molecule has 0 spiro atoms. The minimum Gasteiger partial charge on any atom is -0.348 e. The third-order valence-electron chi connectivity index (χ3n) is 4.55. The molecule has 1 fully saturated rings. The SMILES string of the molecule is CN1CCN(C(=O)c2ccc(C(=O)NCc3ccc(Cl)cc3)cc2)CC1. The van der Waals surface area contributed by atoms with Crippen LogP contribution in [0.5, 0.6) is 0 Å². The molecular weight excluding hydrogens is 350 g/mol. The van der Waals surface area contributed by atoms with Gasteiger partial charge in [-0.15, -0.1) is 0 Å². The Morgan fingerprint density at radius 2 is 1.50 bits per heavy atom. The van der Waals surface area contributed by atoms with E-state index in [9.17, 15) is 9.59 Å². The summed E-state index contributed by atoms with van der Waals surface area (Å²) in [7, 11) is 2.05. The Bertz CT molecular complexity index is 767. The van der Waals surface area contributed by atoms with Crippen molar-refractivity contribution in [1.29, 1.82) is 0 Å². The minimum absolute atomic E-state index is 0.0197. The quantitative estimate of drug-likeness (QED) is 0.899. The molecule has 2 amide bonds. The lowest BCUT2D eigenvalue weighted by molar-refractivity contribution is 0.0663. The number of nitrogens with one attached hydrogen (secondary N) is 1. The van der Waals surface area contributed by atoms with Crippen molar-refractivity contribution in [3.8, 4) is 0 Å². The predicted molar refractivity (Wildman–Crippen MR) is 102 cm³/mol. The van der Waals surface area contributed by atoms with Gasteiger partial charge in [-0.3, -0.25) is 9.59 Å². The first kappa shape index (κ1) is 18.4. The zero-order valence-electron chi connectivity index (χ0n) is 14.7. The lowest BCUT2D eigenvalue weighted by Gasteiger charge is -2.32. The summed E-state index contributed by atoms with van der Waals surface area (Å²) in [5, 5.41) is 3.54. The Labute approximate surface area is 158 Å². The summed E-state index contributed by atoms with van der Waals surface area (Å²) in [6.07, 6.45) is 0. The highest BCUT2D eigenvalue weighted by Crippen LogP contribution is 2.11. The van der Waals surface area contributed by atoms with Gasteiger partial charge in [-0.25, -0.2) is 0 Å². The Hall–Kier alpha value is -2.37. The molecule has 0 radical (unpaired) electrons. The largest absolute Gasteiger partial charge is 0.348 e. The fourth-order valence-corrected chi connectivity index (χ4v) is 2.97. The van der Waals surface area contributed by atoms with Gasteiger partial charge in [-0.05, 0) is 49.0 Å². The van der Waals surface area contributed by atoms with E-state index in [0.29, 0.717) is 22.7 Å². The van der Waals surface area contributed by atoms with Crippen LogP contribution >= 0.6 is 11.6 Å². The summed E-state index contributed by atoms with van der Waals surface area (Å²) in [5.74, 6) is -0.148. The van der Waals surface area contributed by atoms with Gasteiger partial charge in [0.1, 0.15) is 0 Å². The van der Waals surface area contributed by atoms with E-state index in [1.807, 2.05) is 17.0 Å². The molecule has 3 rings (SSSR count). The van der Waals surface area contributed by atoms with Crippen LogP contribution < -0.4 is 5.32 Å². The topological polar surface area (TPSA) is 52.7 Å². The first-order valence-corrected chi connectivity index (χ1v) is 9.01. The zero-order valence-corrected chi connectivity index (χ0v) is 15.5. The number of nitrogens with zero attached hydrogens (tertiary/aromatic N) is 2. The smallest absolute Gasteiger partial charge is 0.253 e. The Kier molecular flexibility index (Phi) is 5.91. The first-order chi connectivity index (χ1) is 12.5. The van der Waals surface area contributed by atoms with Gasteiger partial charge >= 0.3 is 0 Å². The number of carbonyl (C=O) groups is 2. The fraction of sp³-hybridized carbons (Fsp3) is 0.300. The van der Waals surface area contributed by atoms with Crippen LogP contribution in [0.2, 0.25) is 5.02 Å². The maximum Gasteiger partial charge on any atom is 0.253 e. The second-order valence-corrected chi connectivity index (χ2v) is 6.92. The van der Waals surface area contributed by atoms with E-state index in [4.69, 9.17) is 11.6 Å². The molecule has 1 aliphatic heterocycles. The second kappa shape index (κ2) is 8.34. The van der Waals surface area contributed by atoms with Crippen molar-refractivity contribution in [2.45, 2.75) is 6.54 Å². The Morgan fingerprint density at radius 3 is 2.12 bits per heavy atom. The highest BCUT2D eigenvalue weighted by Gasteiger charge is 2.20. The van der Waals surface area contributed by atoms with E-state index in [-0.39, 0.29) is 11.8 Å². The summed E-state index contributed by atoms with van der Waals surface area (Å²) in [6, 6.07) is 14.2. The molecule has 0 aromatic heterocycles. The van der Waals surface area contributed by atoms with Gasteiger partial charge in [0.25, 0.3) is 11.8 Å². The van der Waals surface area contributed by atoms with Crippen LogP contribution in [0.1, 0.15) is 26.3 Å². The maximum absolute atomic E-state index is 12.5. The lowest BCUT2D eigenvalue weighted by atomic mass is 10.1. The average Bonchev–Trinajstić information content (AvgIpc) is 2.67. The van der Waals surface area contributed by atoms with Gasteiger partial charge in [-0.2, -0.15) is 0 Å². The normalized spacial score (nSPS) is 14.9. The molecular formula is C20H22ClN3O2. The molecule has 0 aliphatic carbocycles. The van der Waals surface area contributed by atoms with Crippen molar-refractivity contribution in [3.63, 3.8) is 0 Å². The summed E-state index contributed by atoms with van der Waals surface area (Å²) in [6.45, 7) is 3.67. The van der Waals surface area contributed by atoms with Gasteiger partial charge in [0.2, 0.25) is 0 Å². The summed E-state index contributed by atoms with van der Waals surface area (Å²) < 4.78 is 0. The number of piperazine rings is 1. The molecule has 1 aliphatic rings. The molecule has 5 nitrogen and oxygen atoms in total. The van der Waals surface area contributed by atoms with E-state index in [2.05, 4.69) is 17.3 Å². The van der Waals surface area contributed by atoms with Gasteiger partial charge in [0.05, 0.1) is 0 Å². The number of hydrogen-bond acceptors (Lipinski definition) is 3. The number of carbonyl (C=O) groups excluding carboxylic acids is 2. The standard InChI is InChI=1S/C20H22ClN3O2/c1-23-10-12-24(13-11-23)20(26)17-6-4-16(5-7-17)19(25)22-14-15-2-8-18(21)9-3-15/h2-9H,10-14H2,1H3,(H,22,25). The van der Waals surface area contributed by atoms with Crippen molar-refractivity contribution < 1.29 is 9.59 Å². The van der Waals surface area contributed by atoms with Crippen molar-refractivity contribution >= 4 is 23.4 Å². The van der Waals surface area contributed by atoms with E-state index < -0.39 is 0 Å². The molecule has 2 aromatic rings. The highest BCUT2D eigenvalue weighted by molar-refractivity contribution is 6.30. The molecule has 0 bridgehead atoms. The maximum atomic E-state index is 12.5. The van der Waals surface area contributed by atoms with Crippen LogP contribution in [-0.2, 0) is 6.54 Å². The molecule has 0 atom stereocenters. The van der Waals surface area contributed by atoms with Crippen LogP contribution in [0.3, 0.4) is 0 Å². The van der Waals surface area contributed by atoms with Gasteiger partial charge in [0.15, 0.2) is 0 Å². The monoisotopic (exact) mass is 371 g/mol. The fourth-order valence-electron chi connectivity index (χ4n) is 2.84. The summed E-state index contributed by atoms with van der Waals surface area (Å²) >= 11 is 5.85. The van der Waals surface area contributed by atoms with Crippen LogP contribution in [0.15, 0.2) is 48.5 Å². The number of halogens is 1. The van der Waals surface area contributed by atoms with Gasteiger partial charge < -0.3 is 15.1 Å². The highest BCUT2D eigenvalue weighted by atomic mass is 35.5. The Balaban J connectivity index is 1.57. The molecule has 6 heteroatoms. The van der Waals surface area contributed by atoms with Crippen molar-refractivity contribution in [3.05, 3.63) is 70.2 Å². The van der Waals surface area contributed by atoms with Crippen molar-refractivity contribution in [2.75, 3.05) is 33.2 Å². The molecule has 136 valence electrons. The Morgan fingerprint density at radius 1 is 0.923 bits per heavy atom. The van der Waals surface area contributed by atoms with Crippen molar-refractivity contribution in [1.82, 2.24) is 15.1 Å². The third-order valence-corrected chi connectivity index (χ3v) is 4.80. The average molecular weight is 372 g/mol. The lowest BCUT2D eigenvalue weighted by Crippen LogP contribution is -2.47. The van der Waals surface area contributed by atoms with Gasteiger partial charge in [0, 0.05) is 48.9 Å². The molecule has 1 heterocycles. The molecule has 1 saturated heterocycles. The number of rotatable bonds is 4. The van der Waals surface area contributed by atoms with E-state index in [1.54, 1.807) is 36.4 Å². The number of benzene rings is 2. The van der Waals surface area contributed by atoms with Crippen molar-refractivity contribution in [2.24, 2.45) is 0 Å². The first-order valence-electron chi connectivity index (χ1n) is 8.63. The molecule has 26 heavy (non-hydrogen) atoms. The number of hydrogen-bond donors (Lipinski definition) is 1. The second-order valence-electron chi connectivity index (χ2n) is 6.48. The molecule has 0 saturated carbocycles. The molecule has 0 unspecified atom stereocenters. The van der Waals surface area contributed by atoms with E-state index in [1.165, 1.54) is 0 Å². The van der Waals surface area contributed by atoms with Crippen LogP contribution in [0.25, 0.3) is 0 Å². The van der Waals surface area contributed by atoms with Crippen LogP contribution in [-0.4, -0.2) is 54.8 Å². The number of amides is 2. The van der Waals surface area contributed by atoms with Crippen LogP contribution in [0.4, 0.5) is 0 Å². The van der Waals surface area contributed by atoms with E-state index >= 15 is 0 Å². The minimum atomic E-state index is -0.168. The van der Waals surface area contributed by atoms with Gasteiger partial charge in [-0.1, -0.05) is 23.7 Å². The summed E-state index contributed by atoms with van der Waals surface area (Å²) in [5.41, 5.74) is 2.13. The van der Waals surface area contributed by atoms with E-state index in [0.717, 1.165) is 31.7 Å².